The van der Waals surface area contributed by atoms with Crippen LogP contribution in [0, 0.1) is 25.7 Å². The summed E-state index contributed by atoms with van der Waals surface area (Å²) in [5.41, 5.74) is 9.60. The summed E-state index contributed by atoms with van der Waals surface area (Å²) in [5, 5.41) is 0. The molecule has 0 heterocycles. The van der Waals surface area contributed by atoms with Gasteiger partial charge >= 0.3 is 41.6 Å². The van der Waals surface area contributed by atoms with Gasteiger partial charge in [-0.25, -0.2) is 12.1 Å². The minimum Gasteiger partial charge on any atom is -1.00 e. The van der Waals surface area contributed by atoms with E-state index in [1.807, 2.05) is 0 Å². The molecule has 0 saturated heterocycles. The summed E-state index contributed by atoms with van der Waals surface area (Å²) in [5.74, 6) is 3.35. The smallest absolute Gasteiger partial charge is 0.0427 e. The standard InChI is InChI=1S/2C12H17.C2H6Si.2ClH.Hf/c2*1-8-4-10(3)12-7-9(2)6-11(12)5-8;1-3-2;;;/h2*6-8,10H,4-5H2,1-3H3;1-2H3;2*1H;/q2*-1;;;;+2/p-2. The fourth-order valence-corrected chi connectivity index (χ4v) is 5.13. The number of aryl methyl sites for hydroxylation is 2. The Morgan fingerprint density at radius 2 is 1.07 bits per heavy atom. The van der Waals surface area contributed by atoms with E-state index in [-0.39, 0.29) is 30.3 Å². The Morgan fingerprint density at radius 3 is 1.37 bits per heavy atom. The molecule has 2 aliphatic carbocycles. The third-order valence-corrected chi connectivity index (χ3v) is 6.02. The second-order valence-corrected chi connectivity index (χ2v) is 22.7. The molecule has 4 unspecified atom stereocenters. The molecule has 0 fully saturated rings. The summed E-state index contributed by atoms with van der Waals surface area (Å²) < 4.78 is 0. The average molecular weight is 630 g/mol. The van der Waals surface area contributed by atoms with Gasteiger partial charge < -0.3 is 24.8 Å². The second kappa shape index (κ2) is 13.8. The molecular formula is C26H40Cl2HfSi-2. The zero-order chi connectivity index (χ0) is 21.0. The SMILES string of the molecule is C[Si](C)=[Hf+2].Cc1cc2c([cH-]1)CC(C)CC2C.Cc1cc2c([cH-]1)CC(C)CC2C.[Cl-].[Cl-]. The first kappa shape index (κ1) is 30.4. The topological polar surface area (TPSA) is 0 Å². The van der Waals surface area contributed by atoms with Crippen LogP contribution in [0.2, 0.25) is 13.1 Å². The summed E-state index contributed by atoms with van der Waals surface area (Å²) in [6, 6.07) is 9.46. The maximum Gasteiger partial charge on any atom is -0.0427 e. The van der Waals surface area contributed by atoms with E-state index in [0.29, 0.717) is 0 Å². The minimum atomic E-state index is 0. The molecule has 2 aliphatic rings. The van der Waals surface area contributed by atoms with Crippen LogP contribution in [0.25, 0.3) is 0 Å². The fourth-order valence-electron chi connectivity index (χ4n) is 5.13. The van der Waals surface area contributed by atoms with Gasteiger partial charge in [0.25, 0.3) is 0 Å². The van der Waals surface area contributed by atoms with Crippen LogP contribution in [0.1, 0.15) is 85.8 Å². The molecule has 4 rings (SSSR count). The zero-order valence-corrected chi connectivity index (χ0v) is 26.3. The largest absolute Gasteiger partial charge is 1.00 e. The van der Waals surface area contributed by atoms with Crippen LogP contribution in [0.15, 0.2) is 24.3 Å². The van der Waals surface area contributed by atoms with E-state index < -0.39 is 0 Å². The minimum absolute atomic E-state index is 0. The molecule has 0 amide bonds. The number of hydrogen-bond donors (Lipinski definition) is 0. The van der Waals surface area contributed by atoms with E-state index in [9.17, 15) is 0 Å². The molecular weight excluding hydrogens is 590 g/mol. The van der Waals surface area contributed by atoms with Gasteiger partial charge in [0.2, 0.25) is 0 Å². The normalized spacial score (nSPS) is 23.8. The summed E-state index contributed by atoms with van der Waals surface area (Å²) in [6.07, 6.45) is 5.34. The first-order valence-electron chi connectivity index (χ1n) is 11.1. The van der Waals surface area contributed by atoms with Gasteiger partial charge in [-0.15, -0.1) is 0 Å². The van der Waals surface area contributed by atoms with Crippen molar-refractivity contribution in [2.45, 2.75) is 92.2 Å². The molecule has 0 radical (unpaired) electrons. The first-order valence-corrected chi connectivity index (χ1v) is 19.0. The van der Waals surface area contributed by atoms with E-state index in [1.165, 1.54) is 59.8 Å². The Balaban J connectivity index is 0.000000452. The Morgan fingerprint density at radius 1 is 0.767 bits per heavy atom. The summed E-state index contributed by atoms with van der Waals surface area (Å²) in [7, 11) is 0. The molecule has 0 saturated carbocycles. The molecule has 0 spiro atoms. The van der Waals surface area contributed by atoms with Crippen molar-refractivity contribution in [3.63, 3.8) is 0 Å². The third-order valence-electron chi connectivity index (χ3n) is 6.02. The maximum absolute atomic E-state index is 2.37. The van der Waals surface area contributed by atoms with Crippen molar-refractivity contribution in [1.29, 1.82) is 0 Å². The molecule has 0 N–H and O–H groups in total. The van der Waals surface area contributed by atoms with Gasteiger partial charge in [0.1, 0.15) is 0 Å². The van der Waals surface area contributed by atoms with Crippen LogP contribution in [0.5, 0.6) is 0 Å². The quantitative estimate of drug-likeness (QED) is 0.307. The number of fused-ring (bicyclic) bond motifs is 2. The maximum atomic E-state index is 2.37. The molecule has 0 bridgehead atoms. The number of rotatable bonds is 0. The van der Waals surface area contributed by atoms with Crippen LogP contribution < -0.4 is 24.8 Å². The van der Waals surface area contributed by atoms with Crippen LogP contribution >= 0.6 is 0 Å². The van der Waals surface area contributed by atoms with E-state index in [0.717, 1.165) is 23.7 Å². The van der Waals surface area contributed by atoms with Crippen molar-refractivity contribution < 1.29 is 47.8 Å². The summed E-state index contributed by atoms with van der Waals surface area (Å²) >= 11 is 1.45. The van der Waals surface area contributed by atoms with Gasteiger partial charge in [-0.3, -0.25) is 0 Å². The van der Waals surface area contributed by atoms with Gasteiger partial charge in [-0.1, -0.05) is 66.2 Å². The van der Waals surface area contributed by atoms with E-state index in [2.05, 4.69) is 78.9 Å². The molecule has 168 valence electrons. The predicted octanol–water partition coefficient (Wildman–Crippen LogP) is 1.59. The average Bonchev–Trinajstić information content (AvgIpc) is 3.09. The number of halogens is 2. The van der Waals surface area contributed by atoms with Crippen LogP contribution in [-0.4, -0.2) is 5.49 Å². The Bertz CT molecular complexity index is 725. The first-order chi connectivity index (χ1) is 13.1. The summed E-state index contributed by atoms with van der Waals surface area (Å²) in [4.78, 5) is 0. The predicted molar refractivity (Wildman–Crippen MR) is 123 cm³/mol. The van der Waals surface area contributed by atoms with Crippen molar-refractivity contribution in [3.05, 3.63) is 57.6 Å². The van der Waals surface area contributed by atoms with Gasteiger partial charge in [-0.2, -0.15) is 45.5 Å². The molecule has 2 aromatic rings. The monoisotopic (exact) mass is 630 g/mol. The van der Waals surface area contributed by atoms with Crippen molar-refractivity contribution in [3.8, 4) is 0 Å². The molecule has 2 aromatic carbocycles. The summed E-state index contributed by atoms with van der Waals surface area (Å²) in [6.45, 7) is 18.5. The van der Waals surface area contributed by atoms with Crippen LogP contribution in [0.4, 0.5) is 0 Å². The molecule has 0 nitrogen and oxygen atoms in total. The van der Waals surface area contributed by atoms with Gasteiger partial charge in [-0.05, 0) is 24.7 Å². The number of hydrogen-bond acceptors (Lipinski definition) is 0. The van der Waals surface area contributed by atoms with Gasteiger partial charge in [0.05, 0.1) is 0 Å². The van der Waals surface area contributed by atoms with Crippen molar-refractivity contribution in [2.24, 2.45) is 11.8 Å². The van der Waals surface area contributed by atoms with Crippen LogP contribution in [-0.2, 0) is 35.8 Å². The Kier molecular flexibility index (Phi) is 14.0. The molecule has 4 atom stereocenters. The van der Waals surface area contributed by atoms with Crippen molar-refractivity contribution in [1.82, 2.24) is 0 Å². The van der Waals surface area contributed by atoms with Gasteiger partial charge in [0.15, 0.2) is 0 Å². The van der Waals surface area contributed by atoms with Crippen LogP contribution in [0.3, 0.4) is 0 Å². The third kappa shape index (κ3) is 9.08. The van der Waals surface area contributed by atoms with E-state index in [4.69, 9.17) is 0 Å². The second-order valence-electron chi connectivity index (χ2n) is 9.92. The van der Waals surface area contributed by atoms with Gasteiger partial charge in [0, 0.05) is 0 Å². The molecule has 0 aromatic heterocycles. The van der Waals surface area contributed by atoms with Crippen molar-refractivity contribution >= 4 is 5.49 Å². The Labute approximate surface area is 213 Å². The molecule has 0 aliphatic heterocycles. The fraction of sp³-hybridized carbons (Fsp3) is 0.615. The van der Waals surface area contributed by atoms with E-state index in [1.54, 1.807) is 22.3 Å². The van der Waals surface area contributed by atoms with Crippen molar-refractivity contribution in [2.75, 3.05) is 0 Å². The molecule has 4 heteroatoms. The zero-order valence-electron chi connectivity index (χ0n) is 20.2. The molecule has 30 heavy (non-hydrogen) atoms. The Hall–Kier alpha value is 0.367. The van der Waals surface area contributed by atoms with E-state index >= 15 is 0 Å².